The van der Waals surface area contributed by atoms with Gasteiger partial charge in [0.2, 0.25) is 0 Å². The summed E-state index contributed by atoms with van der Waals surface area (Å²) < 4.78 is 5.03. The molecule has 0 atom stereocenters. The van der Waals surface area contributed by atoms with Crippen LogP contribution in [0.2, 0.25) is 5.02 Å². The minimum Gasteiger partial charge on any atom is -0.463 e. The Bertz CT molecular complexity index is 630. The van der Waals surface area contributed by atoms with Crippen LogP contribution in [0.3, 0.4) is 0 Å². The molecule has 0 aliphatic rings. The van der Waals surface area contributed by atoms with Gasteiger partial charge in [0.15, 0.2) is 0 Å². The van der Waals surface area contributed by atoms with Crippen molar-refractivity contribution in [2.24, 2.45) is 0 Å². The average Bonchev–Trinajstić information content (AvgIpc) is 2.54. The number of carbonyl (C=O) groups excluding carboxylic acids is 1. The minimum atomic E-state index is -0.294. The predicted molar refractivity (Wildman–Crippen MR) is 90.8 cm³/mol. The van der Waals surface area contributed by atoms with E-state index in [1.807, 2.05) is 61.5 Å². The Morgan fingerprint density at radius 3 is 2.41 bits per heavy atom. The van der Waals surface area contributed by atoms with E-state index in [1.54, 1.807) is 6.08 Å². The molecule has 0 amide bonds. The van der Waals surface area contributed by atoms with E-state index in [0.29, 0.717) is 6.61 Å². The first-order chi connectivity index (χ1) is 10.7. The van der Waals surface area contributed by atoms with E-state index in [-0.39, 0.29) is 5.97 Å². The number of ether oxygens (including phenoxy) is 1. The van der Waals surface area contributed by atoms with Crippen molar-refractivity contribution >= 4 is 23.1 Å². The molecule has 114 valence electrons. The molecule has 0 bridgehead atoms. The summed E-state index contributed by atoms with van der Waals surface area (Å²) in [7, 11) is 0. The van der Waals surface area contributed by atoms with E-state index in [4.69, 9.17) is 16.3 Å². The van der Waals surface area contributed by atoms with Crippen LogP contribution in [-0.2, 0) is 16.0 Å². The molecular weight excluding hydrogens is 296 g/mol. The van der Waals surface area contributed by atoms with Gasteiger partial charge in [-0.2, -0.15) is 0 Å². The van der Waals surface area contributed by atoms with Crippen LogP contribution in [0.1, 0.15) is 24.5 Å². The Balaban J connectivity index is 2.14. The lowest BCUT2D eigenvalue weighted by molar-refractivity contribution is -0.137. The average molecular weight is 315 g/mol. The highest BCUT2D eigenvalue weighted by Gasteiger charge is 2.06. The molecule has 2 aromatic rings. The van der Waals surface area contributed by atoms with Crippen LogP contribution in [0.4, 0.5) is 0 Å². The molecule has 2 nitrogen and oxygen atoms in total. The summed E-state index contributed by atoms with van der Waals surface area (Å²) >= 11 is 5.90. The fourth-order valence-electron chi connectivity index (χ4n) is 2.21. The first-order valence-electron chi connectivity index (χ1n) is 7.36. The number of benzene rings is 2. The van der Waals surface area contributed by atoms with E-state index in [1.165, 1.54) is 5.56 Å². The van der Waals surface area contributed by atoms with E-state index < -0.39 is 0 Å². The maximum atomic E-state index is 11.8. The van der Waals surface area contributed by atoms with Gasteiger partial charge in [-0.15, -0.1) is 0 Å². The smallest absolute Gasteiger partial charge is 0.331 e. The molecule has 0 aromatic heterocycles. The molecular formula is C19H19ClO2. The fourth-order valence-corrected chi connectivity index (χ4v) is 2.33. The van der Waals surface area contributed by atoms with Crippen LogP contribution >= 0.6 is 11.6 Å². The number of esters is 1. The number of aryl methyl sites for hydroxylation is 1. The lowest BCUT2D eigenvalue weighted by Crippen LogP contribution is -2.01. The van der Waals surface area contributed by atoms with Gasteiger partial charge in [-0.05, 0) is 48.6 Å². The molecule has 2 rings (SSSR count). The molecule has 0 N–H and O–H groups in total. The second-order valence-corrected chi connectivity index (χ2v) is 5.35. The van der Waals surface area contributed by atoms with Crippen molar-refractivity contribution in [1.82, 2.24) is 0 Å². The minimum absolute atomic E-state index is 0.294. The van der Waals surface area contributed by atoms with Gasteiger partial charge in [-0.1, -0.05) is 54.1 Å². The van der Waals surface area contributed by atoms with Crippen LogP contribution in [0.5, 0.6) is 0 Å². The molecule has 3 heteroatoms. The van der Waals surface area contributed by atoms with Gasteiger partial charge in [0.25, 0.3) is 0 Å². The molecule has 0 saturated carbocycles. The van der Waals surface area contributed by atoms with Gasteiger partial charge in [0.05, 0.1) is 6.61 Å². The van der Waals surface area contributed by atoms with Gasteiger partial charge in [-0.3, -0.25) is 0 Å². The first kappa shape index (κ1) is 16.3. The van der Waals surface area contributed by atoms with Gasteiger partial charge < -0.3 is 4.74 Å². The van der Waals surface area contributed by atoms with Gasteiger partial charge in [-0.25, -0.2) is 4.79 Å². The molecule has 0 unspecified atom stereocenters. The summed E-state index contributed by atoms with van der Waals surface area (Å²) in [5.74, 6) is -0.294. The quantitative estimate of drug-likeness (QED) is 0.559. The number of hydrogen-bond donors (Lipinski definition) is 0. The van der Waals surface area contributed by atoms with Crippen molar-refractivity contribution in [3.8, 4) is 0 Å². The summed E-state index contributed by atoms with van der Waals surface area (Å²) in [6, 6.07) is 17.7. The number of carbonyl (C=O) groups is 1. The normalized spacial score (nSPS) is 11.3. The van der Waals surface area contributed by atoms with E-state index in [9.17, 15) is 4.79 Å². The molecule has 0 spiro atoms. The van der Waals surface area contributed by atoms with Crippen LogP contribution in [-0.4, -0.2) is 12.6 Å². The highest BCUT2D eigenvalue weighted by Crippen LogP contribution is 2.21. The summed E-state index contributed by atoms with van der Waals surface area (Å²) in [5.41, 5.74) is 3.22. The van der Waals surface area contributed by atoms with Crippen LogP contribution in [0, 0.1) is 0 Å². The number of rotatable bonds is 6. The first-order valence-corrected chi connectivity index (χ1v) is 7.74. The molecule has 0 fully saturated rings. The third-order valence-electron chi connectivity index (χ3n) is 3.32. The lowest BCUT2D eigenvalue weighted by atomic mass is 9.98. The van der Waals surface area contributed by atoms with Crippen molar-refractivity contribution < 1.29 is 9.53 Å². The molecule has 0 aliphatic heterocycles. The fraction of sp³-hybridized carbons (Fsp3) is 0.211. The van der Waals surface area contributed by atoms with Crippen molar-refractivity contribution in [2.45, 2.75) is 19.8 Å². The second-order valence-electron chi connectivity index (χ2n) is 4.91. The summed E-state index contributed by atoms with van der Waals surface area (Å²) in [6.07, 6.45) is 3.20. The maximum absolute atomic E-state index is 11.8. The second kappa shape index (κ2) is 8.40. The summed E-state index contributed by atoms with van der Waals surface area (Å²) in [4.78, 5) is 11.8. The Morgan fingerprint density at radius 1 is 1.09 bits per heavy atom. The topological polar surface area (TPSA) is 26.3 Å². The standard InChI is InChI=1S/C19H19ClO2/c1-2-22-19(21)14-17(16-6-4-3-5-7-16)11-8-15-9-12-18(20)13-10-15/h3-7,9-10,12-14H,2,8,11H2,1H3. The zero-order valence-electron chi connectivity index (χ0n) is 12.6. The number of hydrogen-bond acceptors (Lipinski definition) is 2. The zero-order valence-corrected chi connectivity index (χ0v) is 13.3. The van der Waals surface area contributed by atoms with Crippen LogP contribution in [0.15, 0.2) is 60.7 Å². The molecule has 0 saturated heterocycles. The highest BCUT2D eigenvalue weighted by molar-refractivity contribution is 6.30. The van der Waals surface area contributed by atoms with E-state index >= 15 is 0 Å². The number of allylic oxidation sites excluding steroid dienone is 1. The predicted octanol–water partition coefficient (Wildman–Crippen LogP) is 4.92. The maximum Gasteiger partial charge on any atom is 0.331 e. The SMILES string of the molecule is CCOC(=O)C=C(CCc1ccc(Cl)cc1)c1ccccc1. The Kier molecular flexibility index (Phi) is 6.23. The number of halogens is 1. The van der Waals surface area contributed by atoms with Crippen molar-refractivity contribution in [2.75, 3.05) is 6.61 Å². The largest absolute Gasteiger partial charge is 0.463 e. The van der Waals surface area contributed by atoms with Gasteiger partial charge >= 0.3 is 5.97 Å². The Hall–Kier alpha value is -2.06. The lowest BCUT2D eigenvalue weighted by Gasteiger charge is -2.08. The summed E-state index contributed by atoms with van der Waals surface area (Å²) in [5, 5.41) is 0.731. The van der Waals surface area contributed by atoms with Crippen molar-refractivity contribution in [3.05, 3.63) is 76.8 Å². The third kappa shape index (κ3) is 5.05. The molecule has 2 aromatic carbocycles. The molecule has 22 heavy (non-hydrogen) atoms. The molecule has 0 heterocycles. The third-order valence-corrected chi connectivity index (χ3v) is 3.57. The molecule has 0 aliphatic carbocycles. The Labute approximate surface area is 136 Å². The Morgan fingerprint density at radius 2 is 1.77 bits per heavy atom. The summed E-state index contributed by atoms with van der Waals surface area (Å²) in [6.45, 7) is 2.19. The molecule has 0 radical (unpaired) electrons. The van der Waals surface area contributed by atoms with E-state index in [0.717, 1.165) is 29.0 Å². The van der Waals surface area contributed by atoms with Crippen molar-refractivity contribution in [3.63, 3.8) is 0 Å². The van der Waals surface area contributed by atoms with E-state index in [2.05, 4.69) is 0 Å². The van der Waals surface area contributed by atoms with Gasteiger partial charge in [0.1, 0.15) is 0 Å². The van der Waals surface area contributed by atoms with Crippen LogP contribution < -0.4 is 0 Å². The van der Waals surface area contributed by atoms with Crippen LogP contribution in [0.25, 0.3) is 5.57 Å². The monoisotopic (exact) mass is 314 g/mol. The highest BCUT2D eigenvalue weighted by atomic mass is 35.5. The zero-order chi connectivity index (χ0) is 15.8. The van der Waals surface area contributed by atoms with Crippen molar-refractivity contribution in [1.29, 1.82) is 0 Å². The van der Waals surface area contributed by atoms with Gasteiger partial charge in [0, 0.05) is 11.1 Å².